The number of carbonyl (C=O) groups excluding carboxylic acids is 3. The van der Waals surface area contributed by atoms with Crippen molar-refractivity contribution in [1.29, 1.82) is 0 Å². The first-order chi connectivity index (χ1) is 13.7. The summed E-state index contributed by atoms with van der Waals surface area (Å²) in [5, 5.41) is 5.74. The first-order valence-corrected chi connectivity index (χ1v) is 11.3. The summed E-state index contributed by atoms with van der Waals surface area (Å²) < 4.78 is 0. The van der Waals surface area contributed by atoms with Crippen molar-refractivity contribution < 1.29 is 14.4 Å². The summed E-state index contributed by atoms with van der Waals surface area (Å²) in [6.07, 6.45) is 3.10. The minimum atomic E-state index is -0.856. The molecule has 1 spiro atoms. The number of nitrogens with zero attached hydrogens (tertiary/aromatic N) is 1. The number of hydrogen-bond acceptors (Lipinski definition) is 4. The van der Waals surface area contributed by atoms with Gasteiger partial charge in [-0.3, -0.25) is 14.5 Å². The van der Waals surface area contributed by atoms with Crippen molar-refractivity contribution in [3.63, 3.8) is 0 Å². The molecule has 1 saturated heterocycles. The van der Waals surface area contributed by atoms with E-state index >= 15 is 0 Å². The average Bonchev–Trinajstić information content (AvgIpc) is 2.84. The van der Waals surface area contributed by atoms with Gasteiger partial charge in [-0.2, -0.15) is 0 Å². The molecule has 1 aromatic carbocycles. The van der Waals surface area contributed by atoms with Gasteiger partial charge >= 0.3 is 6.03 Å². The zero-order valence-electron chi connectivity index (χ0n) is 17.5. The average molecular weight is 418 g/mol. The van der Waals surface area contributed by atoms with Crippen LogP contribution < -0.4 is 10.6 Å². The highest BCUT2D eigenvalue weighted by Gasteiger charge is 2.56. The minimum Gasteiger partial charge on any atom is -0.355 e. The fourth-order valence-electron chi connectivity index (χ4n) is 4.86. The summed E-state index contributed by atoms with van der Waals surface area (Å²) in [4.78, 5) is 40.1. The molecular formula is C22H31N3O3S. The molecule has 2 aliphatic rings. The van der Waals surface area contributed by atoms with Crippen LogP contribution in [0.15, 0.2) is 35.2 Å². The van der Waals surface area contributed by atoms with Crippen molar-refractivity contribution in [2.75, 3.05) is 18.8 Å². The molecule has 2 fully saturated rings. The van der Waals surface area contributed by atoms with E-state index in [-0.39, 0.29) is 23.8 Å². The molecule has 2 atom stereocenters. The molecule has 1 heterocycles. The number of nitrogens with one attached hydrogen (secondary N) is 2. The van der Waals surface area contributed by atoms with E-state index in [4.69, 9.17) is 0 Å². The zero-order valence-corrected chi connectivity index (χ0v) is 18.3. The molecule has 6 nitrogen and oxygen atoms in total. The van der Waals surface area contributed by atoms with Gasteiger partial charge in [0.15, 0.2) is 0 Å². The molecular weight excluding hydrogens is 386 g/mol. The quantitative estimate of drug-likeness (QED) is 0.405. The molecule has 4 amide bonds. The second-order valence-electron chi connectivity index (χ2n) is 9.12. The number of urea groups is 1. The van der Waals surface area contributed by atoms with Gasteiger partial charge in [0.25, 0.3) is 5.91 Å². The van der Waals surface area contributed by atoms with Crippen LogP contribution in [0, 0.1) is 11.3 Å². The fourth-order valence-corrected chi connectivity index (χ4v) is 5.73. The van der Waals surface area contributed by atoms with Gasteiger partial charge in [0, 0.05) is 11.4 Å². The molecule has 0 radical (unpaired) electrons. The Balaban J connectivity index is 1.46. The standard InChI is InChI=1S/C22H31N3O3S/c1-16-12-21(2,3)15-22(13-16)19(27)25(20(28)24-22)14-18(26)23-10-7-11-29-17-8-5-4-6-9-17/h4-6,8-9,16H,7,10-15H2,1-3H3,(H,23,26)(H,24,28)/t16-,22-/m1/s1. The Kier molecular flexibility index (Phi) is 6.56. The Hall–Kier alpha value is -2.02. The van der Waals surface area contributed by atoms with Crippen LogP contribution >= 0.6 is 11.8 Å². The zero-order chi connectivity index (χ0) is 21.1. The lowest BCUT2D eigenvalue weighted by molar-refractivity contribution is -0.137. The van der Waals surface area contributed by atoms with Crippen LogP contribution in [0.1, 0.15) is 46.5 Å². The predicted octanol–water partition coefficient (Wildman–Crippen LogP) is 3.42. The van der Waals surface area contributed by atoms with Crippen molar-refractivity contribution in [2.45, 2.75) is 56.9 Å². The van der Waals surface area contributed by atoms with Crippen LogP contribution in [-0.2, 0) is 9.59 Å². The van der Waals surface area contributed by atoms with Crippen molar-refractivity contribution in [3.05, 3.63) is 30.3 Å². The van der Waals surface area contributed by atoms with Crippen LogP contribution in [0.5, 0.6) is 0 Å². The van der Waals surface area contributed by atoms with E-state index in [0.29, 0.717) is 25.3 Å². The maximum atomic E-state index is 13.1. The Bertz CT molecular complexity index is 768. The number of hydrogen-bond donors (Lipinski definition) is 2. The lowest BCUT2D eigenvalue weighted by Crippen LogP contribution is -2.54. The van der Waals surface area contributed by atoms with Crippen molar-refractivity contribution >= 4 is 29.6 Å². The van der Waals surface area contributed by atoms with Crippen LogP contribution in [-0.4, -0.2) is 47.1 Å². The third kappa shape index (κ3) is 5.32. The number of imide groups is 1. The summed E-state index contributed by atoms with van der Waals surface area (Å²) >= 11 is 1.74. The van der Waals surface area contributed by atoms with Crippen LogP contribution in [0.4, 0.5) is 4.79 Å². The molecule has 3 rings (SSSR count). The van der Waals surface area contributed by atoms with E-state index < -0.39 is 11.6 Å². The summed E-state index contributed by atoms with van der Waals surface area (Å²) in [6.45, 7) is 6.69. The fraction of sp³-hybridized carbons (Fsp3) is 0.591. The third-order valence-electron chi connectivity index (χ3n) is 5.58. The number of rotatable bonds is 7. The second kappa shape index (κ2) is 8.78. The lowest BCUT2D eigenvalue weighted by atomic mass is 9.64. The SMILES string of the molecule is C[C@@H]1CC(C)(C)C[C@@]2(C1)NC(=O)N(CC(=O)NCCCSc1ccccc1)C2=O. The van der Waals surface area contributed by atoms with E-state index in [1.54, 1.807) is 11.8 Å². The smallest absolute Gasteiger partial charge is 0.325 e. The maximum absolute atomic E-state index is 13.1. The molecule has 0 unspecified atom stereocenters. The minimum absolute atomic E-state index is 0.0186. The van der Waals surface area contributed by atoms with Gasteiger partial charge in [0.1, 0.15) is 12.1 Å². The van der Waals surface area contributed by atoms with Gasteiger partial charge in [-0.25, -0.2) is 4.79 Å². The largest absolute Gasteiger partial charge is 0.355 e. The Morgan fingerprint density at radius 3 is 2.66 bits per heavy atom. The third-order valence-corrected chi connectivity index (χ3v) is 6.68. The predicted molar refractivity (Wildman–Crippen MR) is 115 cm³/mol. The summed E-state index contributed by atoms with van der Waals surface area (Å²) in [5.74, 6) is 0.693. The van der Waals surface area contributed by atoms with Gasteiger partial charge in [0.2, 0.25) is 5.91 Å². The van der Waals surface area contributed by atoms with Gasteiger partial charge < -0.3 is 10.6 Å². The molecule has 1 saturated carbocycles. The van der Waals surface area contributed by atoms with E-state index in [2.05, 4.69) is 43.5 Å². The van der Waals surface area contributed by atoms with Crippen LogP contribution in [0.2, 0.25) is 0 Å². The molecule has 1 aromatic rings. The Labute approximate surface area is 177 Å². The van der Waals surface area contributed by atoms with E-state index in [9.17, 15) is 14.4 Å². The van der Waals surface area contributed by atoms with Crippen LogP contribution in [0.3, 0.4) is 0 Å². The summed E-state index contributed by atoms with van der Waals surface area (Å²) in [6, 6.07) is 9.66. The second-order valence-corrected chi connectivity index (χ2v) is 10.3. The number of benzene rings is 1. The number of carbonyl (C=O) groups is 3. The highest BCUT2D eigenvalue weighted by molar-refractivity contribution is 7.99. The summed E-state index contributed by atoms with van der Waals surface area (Å²) in [7, 11) is 0. The first kappa shape index (κ1) is 21.7. The van der Waals surface area contributed by atoms with Crippen LogP contribution in [0.25, 0.3) is 0 Å². The molecule has 0 aromatic heterocycles. The molecule has 1 aliphatic heterocycles. The van der Waals surface area contributed by atoms with Gasteiger partial charge in [-0.1, -0.05) is 39.0 Å². The Morgan fingerprint density at radius 1 is 1.24 bits per heavy atom. The normalized spacial score (nSPS) is 25.9. The maximum Gasteiger partial charge on any atom is 0.325 e. The Morgan fingerprint density at radius 2 is 1.97 bits per heavy atom. The lowest BCUT2D eigenvalue weighted by Gasteiger charge is -2.43. The molecule has 29 heavy (non-hydrogen) atoms. The molecule has 1 aliphatic carbocycles. The van der Waals surface area contributed by atoms with E-state index in [0.717, 1.165) is 23.5 Å². The summed E-state index contributed by atoms with van der Waals surface area (Å²) in [5.41, 5.74) is -0.875. The monoisotopic (exact) mass is 417 g/mol. The van der Waals surface area contributed by atoms with E-state index in [1.807, 2.05) is 18.2 Å². The van der Waals surface area contributed by atoms with Crippen molar-refractivity contribution in [1.82, 2.24) is 15.5 Å². The van der Waals surface area contributed by atoms with Gasteiger partial charge in [-0.05, 0) is 54.9 Å². The topological polar surface area (TPSA) is 78.5 Å². The highest BCUT2D eigenvalue weighted by Crippen LogP contribution is 2.46. The number of thioether (sulfide) groups is 1. The van der Waals surface area contributed by atoms with Gasteiger partial charge in [-0.15, -0.1) is 11.8 Å². The molecule has 7 heteroatoms. The van der Waals surface area contributed by atoms with Crippen molar-refractivity contribution in [3.8, 4) is 0 Å². The first-order valence-electron chi connectivity index (χ1n) is 10.3. The highest BCUT2D eigenvalue weighted by atomic mass is 32.2. The number of amides is 4. The van der Waals surface area contributed by atoms with Gasteiger partial charge in [0.05, 0.1) is 0 Å². The molecule has 0 bridgehead atoms. The molecule has 158 valence electrons. The molecule has 2 N–H and O–H groups in total. The van der Waals surface area contributed by atoms with E-state index in [1.165, 1.54) is 4.90 Å². The van der Waals surface area contributed by atoms with Crippen molar-refractivity contribution in [2.24, 2.45) is 11.3 Å².